The normalized spacial score (nSPS) is 23.3. The summed E-state index contributed by atoms with van der Waals surface area (Å²) in [5.41, 5.74) is 5.22. The fraction of sp³-hybridized carbons (Fsp3) is 0.657. The van der Waals surface area contributed by atoms with E-state index in [1.54, 1.807) is 0 Å². The van der Waals surface area contributed by atoms with Crippen molar-refractivity contribution in [2.24, 2.45) is 5.41 Å². The molecule has 2 aliphatic carbocycles. The Bertz CT molecular complexity index is 1420. The van der Waals surface area contributed by atoms with Gasteiger partial charge in [0, 0.05) is 47.7 Å². The molecule has 45 heavy (non-hydrogen) atoms. The number of halogens is 3. The van der Waals surface area contributed by atoms with Crippen molar-refractivity contribution < 1.29 is 32.2 Å². The van der Waals surface area contributed by atoms with E-state index in [9.17, 15) is 18.3 Å². The number of ether oxygens (including phenoxy) is 2. The summed E-state index contributed by atoms with van der Waals surface area (Å²) >= 11 is 0. The average molecular weight is 645 g/mol. The number of rotatable bonds is 6. The number of pyridine rings is 2. The summed E-state index contributed by atoms with van der Waals surface area (Å²) in [5, 5.41) is 12.2. The van der Waals surface area contributed by atoms with Crippen molar-refractivity contribution in [3.8, 4) is 0 Å². The smallest absolute Gasteiger partial charge is 0.410 e. The van der Waals surface area contributed by atoms with Gasteiger partial charge in [0.05, 0.1) is 25.0 Å². The quantitative estimate of drug-likeness (QED) is 0.318. The Morgan fingerprint density at radius 3 is 2.36 bits per heavy atom. The zero-order valence-electron chi connectivity index (χ0n) is 27.2. The topological polar surface area (TPSA) is 73.7 Å². The van der Waals surface area contributed by atoms with Crippen LogP contribution in [-0.2, 0) is 26.5 Å². The van der Waals surface area contributed by atoms with Crippen LogP contribution in [0.15, 0.2) is 24.4 Å². The number of hydrogen-bond donors (Lipinski definition) is 1. The predicted octanol–water partition coefficient (Wildman–Crippen LogP) is 8.45. The van der Waals surface area contributed by atoms with E-state index < -0.39 is 26.3 Å². The average Bonchev–Trinajstić information content (AvgIpc) is 2.98. The number of nitrogens with zero attached hydrogens (tertiary/aromatic N) is 2. The first kappa shape index (κ1) is 32.8. The van der Waals surface area contributed by atoms with Gasteiger partial charge in [-0.25, -0.2) is 0 Å². The standard InChI is InChI=1S/C35H47F3N2O4Si/c1-33(2,3)45(4,5)44-26-20-34(13-6-14-34)19-25-29(26)28(22-9-15-42-16-10-22)30(31(40-25)23-11-17-43-18-12-23)32(41)24-7-8-27(39-21-24)35(36,37)38/h7-9,21,23,26,32,41H,6,10-20H2,1-5H3/t26?,32-/m1/s1. The van der Waals surface area contributed by atoms with Gasteiger partial charge in [0.1, 0.15) is 11.8 Å². The van der Waals surface area contributed by atoms with Gasteiger partial charge >= 0.3 is 6.18 Å². The van der Waals surface area contributed by atoms with Crippen LogP contribution >= 0.6 is 0 Å². The summed E-state index contributed by atoms with van der Waals surface area (Å²) in [6, 6.07) is 2.30. The van der Waals surface area contributed by atoms with Crippen molar-refractivity contribution in [2.75, 3.05) is 26.4 Å². The van der Waals surface area contributed by atoms with Crippen LogP contribution < -0.4 is 0 Å². The number of fused-ring (bicyclic) bond motifs is 1. The molecule has 0 aromatic carbocycles. The molecule has 2 fully saturated rings. The van der Waals surface area contributed by atoms with Gasteiger partial charge in [-0.1, -0.05) is 39.3 Å². The number of aliphatic hydroxyl groups is 1. The zero-order valence-corrected chi connectivity index (χ0v) is 28.2. The van der Waals surface area contributed by atoms with Crippen molar-refractivity contribution in [1.29, 1.82) is 0 Å². The summed E-state index contributed by atoms with van der Waals surface area (Å²) in [6.45, 7) is 13.6. The lowest BCUT2D eigenvalue weighted by molar-refractivity contribution is -0.141. The van der Waals surface area contributed by atoms with Crippen LogP contribution in [0.5, 0.6) is 0 Å². The van der Waals surface area contributed by atoms with Gasteiger partial charge in [-0.15, -0.1) is 0 Å². The van der Waals surface area contributed by atoms with Crippen molar-refractivity contribution in [3.05, 3.63) is 63.7 Å². The Morgan fingerprint density at radius 1 is 1.07 bits per heavy atom. The lowest BCUT2D eigenvalue weighted by Crippen LogP contribution is -2.46. The highest BCUT2D eigenvalue weighted by atomic mass is 28.4. The van der Waals surface area contributed by atoms with Crippen LogP contribution in [0.3, 0.4) is 0 Å². The summed E-state index contributed by atoms with van der Waals surface area (Å²) in [5.74, 6) is 0.0642. The minimum Gasteiger partial charge on any atom is -0.410 e. The molecule has 6 rings (SSSR count). The fourth-order valence-electron chi connectivity index (χ4n) is 7.34. The number of aliphatic hydroxyl groups excluding tert-OH is 1. The van der Waals surface area contributed by atoms with Gasteiger partial charge in [-0.2, -0.15) is 13.2 Å². The molecule has 246 valence electrons. The maximum Gasteiger partial charge on any atom is 0.433 e. The molecule has 0 amide bonds. The lowest BCUT2D eigenvalue weighted by Gasteiger charge is -2.51. The maximum atomic E-state index is 13.4. The van der Waals surface area contributed by atoms with E-state index in [1.807, 2.05) is 0 Å². The Kier molecular flexibility index (Phi) is 8.87. The first-order valence-corrected chi connectivity index (χ1v) is 19.4. The highest BCUT2D eigenvalue weighted by molar-refractivity contribution is 6.74. The van der Waals surface area contributed by atoms with Crippen LogP contribution in [0.1, 0.15) is 123 Å². The second kappa shape index (κ2) is 12.2. The highest BCUT2D eigenvalue weighted by Gasteiger charge is 2.50. The number of alkyl halides is 3. The van der Waals surface area contributed by atoms with Crippen LogP contribution in [0.4, 0.5) is 13.2 Å². The molecule has 6 nitrogen and oxygen atoms in total. The number of hydrogen-bond acceptors (Lipinski definition) is 6. The minimum absolute atomic E-state index is 0.000788. The molecule has 1 saturated carbocycles. The minimum atomic E-state index is -4.56. The van der Waals surface area contributed by atoms with E-state index in [0.29, 0.717) is 44.0 Å². The van der Waals surface area contributed by atoms with Gasteiger partial charge in [-0.3, -0.25) is 9.97 Å². The van der Waals surface area contributed by atoms with E-state index in [2.05, 4.69) is 44.9 Å². The molecule has 10 heteroatoms. The molecular formula is C35H47F3N2O4Si. The van der Waals surface area contributed by atoms with Gasteiger partial charge in [0.25, 0.3) is 0 Å². The van der Waals surface area contributed by atoms with Crippen LogP contribution in [-0.4, -0.2) is 49.8 Å². The summed E-state index contributed by atoms with van der Waals surface area (Å²) in [4.78, 5) is 9.19. The largest absolute Gasteiger partial charge is 0.433 e. The molecule has 0 radical (unpaired) electrons. The molecule has 1 unspecified atom stereocenters. The maximum absolute atomic E-state index is 13.4. The molecule has 0 bridgehead atoms. The van der Waals surface area contributed by atoms with E-state index in [1.165, 1.54) is 12.5 Å². The van der Waals surface area contributed by atoms with E-state index in [4.69, 9.17) is 18.9 Å². The monoisotopic (exact) mass is 644 g/mol. The molecule has 1 spiro atoms. The van der Waals surface area contributed by atoms with Gasteiger partial charge in [0.15, 0.2) is 8.32 Å². The third kappa shape index (κ3) is 6.42. The second-order valence-electron chi connectivity index (χ2n) is 15.1. The summed E-state index contributed by atoms with van der Waals surface area (Å²) < 4.78 is 59.1. The first-order chi connectivity index (χ1) is 21.2. The Morgan fingerprint density at radius 2 is 1.80 bits per heavy atom. The third-order valence-corrected chi connectivity index (χ3v) is 15.6. The second-order valence-corrected chi connectivity index (χ2v) is 19.8. The van der Waals surface area contributed by atoms with Crippen LogP contribution in [0, 0.1) is 5.41 Å². The van der Waals surface area contributed by atoms with Crippen molar-refractivity contribution >= 4 is 13.9 Å². The molecule has 4 aliphatic rings. The summed E-state index contributed by atoms with van der Waals surface area (Å²) in [7, 11) is -2.23. The zero-order chi connectivity index (χ0) is 32.2. The highest BCUT2D eigenvalue weighted by Crippen LogP contribution is 2.58. The number of aromatic nitrogens is 2. The Balaban J connectivity index is 1.59. The molecule has 4 heterocycles. The molecule has 2 aromatic rings. The van der Waals surface area contributed by atoms with Crippen LogP contribution in [0.2, 0.25) is 18.1 Å². The lowest BCUT2D eigenvalue weighted by atomic mass is 9.59. The van der Waals surface area contributed by atoms with E-state index in [0.717, 1.165) is 78.9 Å². The SMILES string of the molecule is CC(C)(C)[Si](C)(C)OC1CC2(CCC2)Cc2nc(C3CCOCC3)c([C@H](O)c3ccc(C(F)(F)F)nc3)c(C3=CCOCC3)c21. The first-order valence-electron chi connectivity index (χ1n) is 16.5. The summed E-state index contributed by atoms with van der Waals surface area (Å²) in [6.07, 6.45) is 4.86. The molecule has 1 saturated heterocycles. The van der Waals surface area contributed by atoms with Crippen molar-refractivity contribution in [1.82, 2.24) is 9.97 Å². The third-order valence-electron chi connectivity index (χ3n) is 11.1. The fourth-order valence-corrected chi connectivity index (χ4v) is 8.60. The van der Waals surface area contributed by atoms with Crippen molar-refractivity contribution in [3.63, 3.8) is 0 Å². The van der Waals surface area contributed by atoms with Crippen LogP contribution in [0.25, 0.3) is 5.57 Å². The van der Waals surface area contributed by atoms with E-state index in [-0.39, 0.29) is 22.5 Å². The Hall–Kier alpha value is -2.11. The molecule has 2 atom stereocenters. The van der Waals surface area contributed by atoms with Gasteiger partial charge in [-0.05, 0) is 85.7 Å². The predicted molar refractivity (Wildman–Crippen MR) is 169 cm³/mol. The van der Waals surface area contributed by atoms with Crippen molar-refractivity contribution in [2.45, 2.75) is 115 Å². The van der Waals surface area contributed by atoms with E-state index >= 15 is 0 Å². The Labute approximate surface area is 265 Å². The molecule has 2 aromatic heterocycles. The molecule has 2 aliphatic heterocycles. The molecular weight excluding hydrogens is 597 g/mol. The van der Waals surface area contributed by atoms with Gasteiger partial charge in [0.2, 0.25) is 0 Å². The molecule has 1 N–H and O–H groups in total. The van der Waals surface area contributed by atoms with Gasteiger partial charge < -0.3 is 19.0 Å².